The molecule has 5 heteroatoms. The fourth-order valence-corrected chi connectivity index (χ4v) is 1.06. The Hall–Kier alpha value is -1.75. The quantitative estimate of drug-likeness (QED) is 0.475. The van der Waals surface area contributed by atoms with E-state index in [4.69, 9.17) is 21.3 Å². The highest BCUT2D eigenvalue weighted by Gasteiger charge is 2.05. The first-order valence-electron chi connectivity index (χ1n) is 4.58. The SMILES string of the molecule is NC(=O)c1ccc(N)c(OCCCO)c1. The summed E-state index contributed by atoms with van der Waals surface area (Å²) in [4.78, 5) is 10.9. The molecule has 0 bridgehead atoms. The van der Waals surface area contributed by atoms with E-state index in [0.29, 0.717) is 30.0 Å². The molecule has 0 aliphatic rings. The van der Waals surface area contributed by atoms with Crippen molar-refractivity contribution in [2.75, 3.05) is 18.9 Å². The summed E-state index contributed by atoms with van der Waals surface area (Å²) in [5.74, 6) is -0.109. The molecule has 5 N–H and O–H groups in total. The lowest BCUT2D eigenvalue weighted by atomic mass is 10.2. The van der Waals surface area contributed by atoms with E-state index in [-0.39, 0.29) is 6.61 Å². The Bertz CT molecular complexity index is 353. The number of hydrogen-bond acceptors (Lipinski definition) is 4. The lowest BCUT2D eigenvalue weighted by Gasteiger charge is -2.08. The van der Waals surface area contributed by atoms with E-state index >= 15 is 0 Å². The van der Waals surface area contributed by atoms with Crippen LogP contribution in [0.3, 0.4) is 0 Å². The summed E-state index contributed by atoms with van der Waals surface area (Å²) in [6, 6.07) is 4.60. The minimum absolute atomic E-state index is 0.0510. The molecule has 0 fully saturated rings. The predicted octanol–water partition coefficient (Wildman–Crippen LogP) is 0.129. The van der Waals surface area contributed by atoms with Crippen molar-refractivity contribution in [2.45, 2.75) is 6.42 Å². The summed E-state index contributed by atoms with van der Waals surface area (Å²) in [6.45, 7) is 0.401. The van der Waals surface area contributed by atoms with Gasteiger partial charge in [-0.05, 0) is 18.2 Å². The summed E-state index contributed by atoms with van der Waals surface area (Å²) in [5, 5.41) is 8.57. The van der Waals surface area contributed by atoms with Gasteiger partial charge in [-0.25, -0.2) is 0 Å². The number of aliphatic hydroxyl groups is 1. The van der Waals surface area contributed by atoms with Gasteiger partial charge >= 0.3 is 0 Å². The molecule has 1 amide bonds. The molecule has 0 aliphatic carbocycles. The largest absolute Gasteiger partial charge is 0.491 e. The highest BCUT2D eigenvalue weighted by Crippen LogP contribution is 2.22. The zero-order valence-corrected chi connectivity index (χ0v) is 8.27. The third kappa shape index (κ3) is 3.14. The number of anilines is 1. The number of primary amides is 1. The molecule has 0 atom stereocenters. The number of amides is 1. The normalized spacial score (nSPS) is 9.93. The number of aliphatic hydroxyl groups excluding tert-OH is 1. The lowest BCUT2D eigenvalue weighted by Crippen LogP contribution is -2.11. The second-order valence-electron chi connectivity index (χ2n) is 3.04. The number of carbonyl (C=O) groups is 1. The monoisotopic (exact) mass is 210 g/mol. The fraction of sp³-hybridized carbons (Fsp3) is 0.300. The van der Waals surface area contributed by atoms with E-state index in [1.807, 2.05) is 0 Å². The van der Waals surface area contributed by atoms with Gasteiger partial charge in [0.2, 0.25) is 5.91 Å². The Morgan fingerprint density at radius 2 is 2.20 bits per heavy atom. The minimum Gasteiger partial charge on any atom is -0.491 e. The van der Waals surface area contributed by atoms with Gasteiger partial charge in [0.1, 0.15) is 5.75 Å². The summed E-state index contributed by atoms with van der Waals surface area (Å²) >= 11 is 0. The molecule has 0 radical (unpaired) electrons. The number of rotatable bonds is 5. The molecule has 0 heterocycles. The molecule has 0 saturated carbocycles. The maximum atomic E-state index is 10.9. The van der Waals surface area contributed by atoms with Crippen molar-refractivity contribution in [3.05, 3.63) is 23.8 Å². The number of carbonyl (C=O) groups excluding carboxylic acids is 1. The van der Waals surface area contributed by atoms with Crippen molar-refractivity contribution in [3.8, 4) is 5.75 Å². The highest BCUT2D eigenvalue weighted by atomic mass is 16.5. The Morgan fingerprint density at radius 3 is 2.80 bits per heavy atom. The first-order valence-corrected chi connectivity index (χ1v) is 4.58. The van der Waals surface area contributed by atoms with Gasteiger partial charge in [-0.3, -0.25) is 4.79 Å². The first kappa shape index (κ1) is 11.3. The molecule has 5 nitrogen and oxygen atoms in total. The van der Waals surface area contributed by atoms with Crippen LogP contribution in [-0.4, -0.2) is 24.2 Å². The number of hydrogen-bond donors (Lipinski definition) is 3. The van der Waals surface area contributed by atoms with Crippen molar-refractivity contribution in [2.24, 2.45) is 5.73 Å². The predicted molar refractivity (Wildman–Crippen MR) is 56.6 cm³/mol. The van der Waals surface area contributed by atoms with Crippen molar-refractivity contribution in [1.29, 1.82) is 0 Å². The zero-order chi connectivity index (χ0) is 11.3. The van der Waals surface area contributed by atoms with Crippen molar-refractivity contribution in [3.63, 3.8) is 0 Å². The molecule has 0 saturated heterocycles. The van der Waals surface area contributed by atoms with Crippen molar-refractivity contribution < 1.29 is 14.6 Å². The van der Waals surface area contributed by atoms with E-state index in [1.165, 1.54) is 12.1 Å². The Kier molecular flexibility index (Phi) is 3.93. The van der Waals surface area contributed by atoms with Crippen LogP contribution in [0.25, 0.3) is 0 Å². The van der Waals surface area contributed by atoms with Crippen LogP contribution >= 0.6 is 0 Å². The zero-order valence-electron chi connectivity index (χ0n) is 8.27. The molecule has 1 rings (SSSR count). The van der Waals surface area contributed by atoms with Crippen LogP contribution in [-0.2, 0) is 0 Å². The molecule has 0 unspecified atom stereocenters. The molecule has 82 valence electrons. The molecular formula is C10H14N2O3. The van der Waals surface area contributed by atoms with Gasteiger partial charge < -0.3 is 21.3 Å². The summed E-state index contributed by atoms with van der Waals surface area (Å²) in [5.41, 5.74) is 11.5. The third-order valence-corrected chi connectivity index (χ3v) is 1.86. The van der Waals surface area contributed by atoms with Gasteiger partial charge in [-0.1, -0.05) is 0 Å². The number of benzene rings is 1. The van der Waals surface area contributed by atoms with Crippen LogP contribution in [0.5, 0.6) is 5.75 Å². The van der Waals surface area contributed by atoms with Crippen LogP contribution in [0.1, 0.15) is 16.8 Å². The number of nitrogens with two attached hydrogens (primary N) is 2. The summed E-state index contributed by atoms with van der Waals surface area (Å²) in [6.07, 6.45) is 0.514. The molecule has 1 aromatic rings. The summed E-state index contributed by atoms with van der Waals surface area (Å²) in [7, 11) is 0. The Balaban J connectivity index is 2.76. The molecule has 1 aromatic carbocycles. The standard InChI is InChI=1S/C10H14N2O3/c11-8-3-2-7(10(12)14)6-9(8)15-5-1-4-13/h2-3,6,13H,1,4-5,11H2,(H2,12,14). The smallest absolute Gasteiger partial charge is 0.248 e. The van der Waals surface area contributed by atoms with Gasteiger partial charge in [-0.15, -0.1) is 0 Å². The maximum absolute atomic E-state index is 10.9. The van der Waals surface area contributed by atoms with Gasteiger partial charge in [0.15, 0.2) is 0 Å². The summed E-state index contributed by atoms with van der Waals surface area (Å²) < 4.78 is 5.28. The Morgan fingerprint density at radius 1 is 1.47 bits per heavy atom. The molecule has 0 aromatic heterocycles. The molecule has 0 aliphatic heterocycles. The minimum atomic E-state index is -0.526. The number of nitrogen functional groups attached to an aromatic ring is 1. The van der Waals surface area contributed by atoms with E-state index in [0.717, 1.165) is 0 Å². The van der Waals surface area contributed by atoms with Crippen LogP contribution in [0, 0.1) is 0 Å². The first-order chi connectivity index (χ1) is 7.15. The highest BCUT2D eigenvalue weighted by molar-refractivity contribution is 5.93. The van der Waals surface area contributed by atoms with Gasteiger partial charge in [-0.2, -0.15) is 0 Å². The van der Waals surface area contributed by atoms with Crippen LogP contribution in [0.4, 0.5) is 5.69 Å². The fourth-order valence-electron chi connectivity index (χ4n) is 1.06. The second-order valence-corrected chi connectivity index (χ2v) is 3.04. The number of ether oxygens (including phenoxy) is 1. The van der Waals surface area contributed by atoms with Crippen LogP contribution in [0.2, 0.25) is 0 Å². The second kappa shape index (κ2) is 5.21. The van der Waals surface area contributed by atoms with Crippen molar-refractivity contribution >= 4 is 11.6 Å². The maximum Gasteiger partial charge on any atom is 0.248 e. The van der Waals surface area contributed by atoms with Crippen molar-refractivity contribution in [1.82, 2.24) is 0 Å². The van der Waals surface area contributed by atoms with E-state index in [9.17, 15) is 4.79 Å². The molecular weight excluding hydrogens is 196 g/mol. The van der Waals surface area contributed by atoms with Crippen LogP contribution in [0.15, 0.2) is 18.2 Å². The van der Waals surface area contributed by atoms with Gasteiger partial charge in [0.05, 0.1) is 12.3 Å². The van der Waals surface area contributed by atoms with E-state index in [2.05, 4.69) is 0 Å². The topological polar surface area (TPSA) is 98.6 Å². The van der Waals surface area contributed by atoms with E-state index < -0.39 is 5.91 Å². The Labute approximate surface area is 87.6 Å². The van der Waals surface area contributed by atoms with Gasteiger partial charge in [0.25, 0.3) is 0 Å². The lowest BCUT2D eigenvalue weighted by molar-refractivity contribution is 0.1000. The van der Waals surface area contributed by atoms with Crippen LogP contribution < -0.4 is 16.2 Å². The van der Waals surface area contributed by atoms with Gasteiger partial charge in [0, 0.05) is 18.6 Å². The average molecular weight is 210 g/mol. The molecule has 0 spiro atoms. The average Bonchev–Trinajstić information content (AvgIpc) is 2.20. The van der Waals surface area contributed by atoms with E-state index in [1.54, 1.807) is 6.07 Å². The third-order valence-electron chi connectivity index (χ3n) is 1.86. The molecule has 15 heavy (non-hydrogen) atoms.